The number of benzene rings is 1. The molecular weight excluding hydrogens is 370 g/mol. The quantitative estimate of drug-likeness (QED) is 0.850. The zero-order valence-corrected chi connectivity index (χ0v) is 16.9. The van der Waals surface area contributed by atoms with Crippen LogP contribution in [0.3, 0.4) is 0 Å². The number of pyridine rings is 1. The molecule has 0 radical (unpaired) electrons. The van der Waals surface area contributed by atoms with Gasteiger partial charge in [0.1, 0.15) is 5.82 Å². The van der Waals surface area contributed by atoms with Crippen LogP contribution in [0.1, 0.15) is 6.42 Å². The number of fused-ring (bicyclic) bond motifs is 1. The van der Waals surface area contributed by atoms with Gasteiger partial charge in [0.05, 0.1) is 17.4 Å². The molecule has 1 N–H and O–H groups in total. The van der Waals surface area contributed by atoms with Crippen LogP contribution in [-0.4, -0.2) is 83.7 Å². The van der Waals surface area contributed by atoms with Gasteiger partial charge in [-0.25, -0.2) is 4.98 Å². The molecule has 0 unspecified atom stereocenters. The molecule has 2 atom stereocenters. The van der Waals surface area contributed by atoms with Gasteiger partial charge in [0.15, 0.2) is 0 Å². The molecule has 0 saturated carbocycles. The largest absolute Gasteiger partial charge is 0.354 e. The number of hydrogen-bond acceptors (Lipinski definition) is 6. The first kappa shape index (κ1) is 18.2. The Kier molecular flexibility index (Phi) is 5.13. The van der Waals surface area contributed by atoms with Gasteiger partial charge in [-0.15, -0.1) is 11.8 Å². The minimum atomic E-state index is 0.00360. The highest BCUT2D eigenvalue weighted by molar-refractivity contribution is 7.99. The third-order valence-electron chi connectivity index (χ3n) is 6.21. The highest BCUT2D eigenvalue weighted by Crippen LogP contribution is 2.23. The normalized spacial score (nSPS) is 26.3. The first-order chi connectivity index (χ1) is 13.8. The molecule has 1 amide bonds. The standard InChI is InChI=1S/C21H27N5OS/c27-21(26-11-12-28-15-26)19-13-17(14-22-19)24-7-9-25(10-8-24)20-6-5-16-3-1-2-4-18(16)23-20/h1-6,17,19,22H,7-15H2/t17-,19-/m0/s1. The molecule has 0 spiro atoms. The van der Waals surface area contributed by atoms with Crippen LogP contribution in [0.4, 0.5) is 5.82 Å². The van der Waals surface area contributed by atoms with Crippen LogP contribution in [0.15, 0.2) is 36.4 Å². The maximum atomic E-state index is 12.6. The van der Waals surface area contributed by atoms with E-state index < -0.39 is 0 Å². The van der Waals surface area contributed by atoms with Gasteiger partial charge in [-0.3, -0.25) is 9.69 Å². The zero-order valence-electron chi connectivity index (χ0n) is 16.1. The van der Waals surface area contributed by atoms with Crippen molar-refractivity contribution in [2.75, 3.05) is 55.8 Å². The summed E-state index contributed by atoms with van der Waals surface area (Å²) < 4.78 is 0. The van der Waals surface area contributed by atoms with E-state index >= 15 is 0 Å². The minimum absolute atomic E-state index is 0.00360. The Morgan fingerprint density at radius 3 is 2.75 bits per heavy atom. The molecule has 7 heteroatoms. The number of hydrogen-bond donors (Lipinski definition) is 1. The zero-order chi connectivity index (χ0) is 18.9. The van der Waals surface area contributed by atoms with Crippen molar-refractivity contribution in [1.82, 2.24) is 20.1 Å². The monoisotopic (exact) mass is 397 g/mol. The van der Waals surface area contributed by atoms with E-state index in [4.69, 9.17) is 4.98 Å². The molecule has 4 heterocycles. The number of nitrogens with zero attached hydrogens (tertiary/aromatic N) is 4. The second kappa shape index (κ2) is 7.89. The first-order valence-corrected chi connectivity index (χ1v) is 11.4. The number of thioether (sulfide) groups is 1. The van der Waals surface area contributed by atoms with Crippen molar-refractivity contribution >= 4 is 34.4 Å². The van der Waals surface area contributed by atoms with Gasteiger partial charge < -0.3 is 15.1 Å². The topological polar surface area (TPSA) is 51.7 Å². The SMILES string of the molecule is O=C([C@@H]1C[C@H](N2CCN(c3ccc4ccccc4n3)CC2)CN1)N1CCSC1. The van der Waals surface area contributed by atoms with Gasteiger partial charge in [0.25, 0.3) is 0 Å². The Bertz CT molecular complexity index is 848. The average molecular weight is 398 g/mol. The molecule has 5 rings (SSSR count). The molecule has 3 aliphatic rings. The molecule has 3 aliphatic heterocycles. The number of carbonyl (C=O) groups is 1. The molecule has 0 aliphatic carbocycles. The number of piperazine rings is 1. The Morgan fingerprint density at radius 1 is 1.07 bits per heavy atom. The summed E-state index contributed by atoms with van der Waals surface area (Å²) in [6.45, 7) is 5.87. The van der Waals surface area contributed by atoms with Gasteiger partial charge in [-0.2, -0.15) is 0 Å². The summed E-state index contributed by atoms with van der Waals surface area (Å²) in [5.74, 6) is 3.31. The third kappa shape index (κ3) is 3.58. The van der Waals surface area contributed by atoms with Crippen LogP contribution < -0.4 is 10.2 Å². The molecule has 2 aromatic rings. The fraction of sp³-hybridized carbons (Fsp3) is 0.524. The molecular formula is C21H27N5OS. The van der Waals surface area contributed by atoms with Gasteiger partial charge in [-0.05, 0) is 24.6 Å². The van der Waals surface area contributed by atoms with Crippen LogP contribution in [0.5, 0.6) is 0 Å². The minimum Gasteiger partial charge on any atom is -0.354 e. The van der Waals surface area contributed by atoms with Crippen molar-refractivity contribution < 1.29 is 4.79 Å². The van der Waals surface area contributed by atoms with E-state index in [2.05, 4.69) is 45.4 Å². The van der Waals surface area contributed by atoms with Crippen LogP contribution in [-0.2, 0) is 4.79 Å². The molecule has 1 aromatic carbocycles. The summed E-state index contributed by atoms with van der Waals surface area (Å²) >= 11 is 1.85. The van der Waals surface area contributed by atoms with Gasteiger partial charge in [-0.1, -0.05) is 18.2 Å². The lowest BCUT2D eigenvalue weighted by molar-refractivity contribution is -0.131. The van der Waals surface area contributed by atoms with E-state index in [1.165, 1.54) is 5.39 Å². The van der Waals surface area contributed by atoms with Crippen LogP contribution >= 0.6 is 11.8 Å². The summed E-state index contributed by atoms with van der Waals surface area (Å²) in [5.41, 5.74) is 1.06. The molecule has 6 nitrogen and oxygen atoms in total. The van der Waals surface area contributed by atoms with Crippen molar-refractivity contribution in [2.45, 2.75) is 18.5 Å². The number of para-hydroxylation sites is 1. The van der Waals surface area contributed by atoms with Crippen molar-refractivity contribution in [1.29, 1.82) is 0 Å². The van der Waals surface area contributed by atoms with E-state index in [9.17, 15) is 4.79 Å². The molecule has 0 bridgehead atoms. The number of anilines is 1. The van der Waals surface area contributed by atoms with Crippen LogP contribution in [0.25, 0.3) is 10.9 Å². The van der Waals surface area contributed by atoms with Crippen molar-refractivity contribution in [3.05, 3.63) is 36.4 Å². The maximum absolute atomic E-state index is 12.6. The average Bonchev–Trinajstić information content (AvgIpc) is 3.45. The molecule has 3 fully saturated rings. The van der Waals surface area contributed by atoms with Crippen molar-refractivity contribution in [2.24, 2.45) is 0 Å². The predicted octanol–water partition coefficient (Wildman–Crippen LogP) is 1.62. The highest BCUT2D eigenvalue weighted by atomic mass is 32.2. The highest BCUT2D eigenvalue weighted by Gasteiger charge is 2.36. The van der Waals surface area contributed by atoms with E-state index in [1.54, 1.807) is 0 Å². The Hall–Kier alpha value is -1.83. The van der Waals surface area contributed by atoms with E-state index in [1.807, 2.05) is 22.7 Å². The summed E-state index contributed by atoms with van der Waals surface area (Å²) in [6, 6.07) is 13.1. The van der Waals surface area contributed by atoms with Crippen LogP contribution in [0, 0.1) is 0 Å². The summed E-state index contributed by atoms with van der Waals surface area (Å²) in [5, 5.41) is 4.66. The number of aromatic nitrogens is 1. The molecule has 148 valence electrons. The number of nitrogens with one attached hydrogen (secondary N) is 1. The second-order valence-electron chi connectivity index (χ2n) is 7.87. The number of amides is 1. The Morgan fingerprint density at radius 2 is 1.93 bits per heavy atom. The van der Waals surface area contributed by atoms with Crippen LogP contribution in [0.2, 0.25) is 0 Å². The third-order valence-corrected chi connectivity index (χ3v) is 7.17. The smallest absolute Gasteiger partial charge is 0.240 e. The Labute approximate surface area is 170 Å². The summed E-state index contributed by atoms with van der Waals surface area (Å²) in [7, 11) is 0. The lowest BCUT2D eigenvalue weighted by Gasteiger charge is -2.38. The van der Waals surface area contributed by atoms with Crippen molar-refractivity contribution in [3.8, 4) is 0 Å². The maximum Gasteiger partial charge on any atom is 0.240 e. The van der Waals surface area contributed by atoms with Crippen molar-refractivity contribution in [3.63, 3.8) is 0 Å². The lowest BCUT2D eigenvalue weighted by atomic mass is 10.1. The predicted molar refractivity (Wildman–Crippen MR) is 115 cm³/mol. The first-order valence-electron chi connectivity index (χ1n) is 10.2. The summed E-state index contributed by atoms with van der Waals surface area (Å²) in [6.07, 6.45) is 0.939. The van der Waals surface area contributed by atoms with Gasteiger partial charge in [0.2, 0.25) is 5.91 Å². The number of carbonyl (C=O) groups excluding carboxylic acids is 1. The molecule has 1 aromatic heterocycles. The van der Waals surface area contributed by atoms with Gasteiger partial charge in [0, 0.05) is 56.4 Å². The molecule has 3 saturated heterocycles. The van der Waals surface area contributed by atoms with E-state index in [0.717, 1.165) is 68.7 Å². The number of rotatable bonds is 3. The molecule has 28 heavy (non-hydrogen) atoms. The van der Waals surface area contributed by atoms with Gasteiger partial charge >= 0.3 is 0 Å². The van der Waals surface area contributed by atoms with E-state index in [-0.39, 0.29) is 6.04 Å². The van der Waals surface area contributed by atoms with E-state index in [0.29, 0.717) is 11.9 Å². The summed E-state index contributed by atoms with van der Waals surface area (Å²) in [4.78, 5) is 24.4. The second-order valence-corrected chi connectivity index (χ2v) is 8.95. The lowest BCUT2D eigenvalue weighted by Crippen LogP contribution is -2.51. The fourth-order valence-corrected chi connectivity index (χ4v) is 5.49. The Balaban J connectivity index is 1.17. The fourth-order valence-electron chi connectivity index (χ4n) is 4.54.